The van der Waals surface area contributed by atoms with Gasteiger partial charge in [0.05, 0.1) is 23.4 Å². The molecule has 1 amide bonds. The second kappa shape index (κ2) is 10.5. The second-order valence-corrected chi connectivity index (χ2v) is 9.22. The van der Waals surface area contributed by atoms with Gasteiger partial charge in [-0.2, -0.15) is 0 Å². The topological polar surface area (TPSA) is 102 Å². The lowest BCUT2D eigenvalue weighted by atomic mass is 10.2. The van der Waals surface area contributed by atoms with Gasteiger partial charge in [0.2, 0.25) is 5.91 Å². The number of nitrogens with one attached hydrogen (secondary N) is 2. The fourth-order valence-electron chi connectivity index (χ4n) is 2.33. The van der Waals surface area contributed by atoms with Crippen molar-refractivity contribution in [2.24, 2.45) is 0 Å². The van der Waals surface area contributed by atoms with Crippen LogP contribution in [0.4, 0.5) is 11.4 Å². The van der Waals surface area contributed by atoms with Crippen molar-refractivity contribution in [1.29, 1.82) is 0 Å². The minimum Gasteiger partial charge on any atom is -0.468 e. The SMILES string of the molecule is COC(=O)CSCCC(=O)Nc1ccc(C)c(S(=O)(=O)Nc2cccc(Cl)c2)c1. The molecule has 29 heavy (non-hydrogen) atoms. The molecular formula is C19H21ClN2O5S2. The van der Waals surface area contributed by atoms with Crippen molar-refractivity contribution in [2.75, 3.05) is 28.7 Å². The number of hydrogen-bond donors (Lipinski definition) is 2. The molecule has 2 aromatic rings. The summed E-state index contributed by atoms with van der Waals surface area (Å²) in [5.74, 6) is -0.0199. The van der Waals surface area contributed by atoms with E-state index in [-0.39, 0.29) is 28.9 Å². The van der Waals surface area contributed by atoms with Crippen molar-refractivity contribution in [1.82, 2.24) is 0 Å². The normalized spacial score (nSPS) is 11.0. The van der Waals surface area contributed by atoms with Gasteiger partial charge in [-0.25, -0.2) is 8.42 Å². The van der Waals surface area contributed by atoms with E-state index in [2.05, 4.69) is 14.8 Å². The maximum atomic E-state index is 12.8. The lowest BCUT2D eigenvalue weighted by Gasteiger charge is -2.13. The van der Waals surface area contributed by atoms with Crippen molar-refractivity contribution in [3.63, 3.8) is 0 Å². The molecule has 0 aromatic heterocycles. The van der Waals surface area contributed by atoms with Crippen LogP contribution in [0.15, 0.2) is 47.4 Å². The first-order valence-electron chi connectivity index (χ1n) is 8.55. The third-order valence-corrected chi connectivity index (χ3v) is 6.45. The van der Waals surface area contributed by atoms with Crippen LogP contribution in [0.25, 0.3) is 0 Å². The van der Waals surface area contributed by atoms with Crippen LogP contribution in [0.5, 0.6) is 0 Å². The van der Waals surface area contributed by atoms with Crippen LogP contribution in [-0.2, 0) is 24.3 Å². The van der Waals surface area contributed by atoms with E-state index in [1.165, 1.54) is 31.0 Å². The minimum atomic E-state index is -3.87. The highest BCUT2D eigenvalue weighted by Gasteiger charge is 2.18. The second-order valence-electron chi connectivity index (χ2n) is 6.02. The average Bonchev–Trinajstić information content (AvgIpc) is 2.66. The van der Waals surface area contributed by atoms with E-state index >= 15 is 0 Å². The summed E-state index contributed by atoms with van der Waals surface area (Å²) in [6.45, 7) is 1.67. The smallest absolute Gasteiger partial charge is 0.315 e. The van der Waals surface area contributed by atoms with Gasteiger partial charge >= 0.3 is 5.97 Å². The zero-order chi connectivity index (χ0) is 21.4. The van der Waals surface area contributed by atoms with Crippen LogP contribution in [0.3, 0.4) is 0 Å². The summed E-state index contributed by atoms with van der Waals surface area (Å²) in [5, 5.41) is 3.09. The summed E-state index contributed by atoms with van der Waals surface area (Å²) in [7, 11) is -2.56. The highest BCUT2D eigenvalue weighted by atomic mass is 35.5. The molecule has 0 spiro atoms. The zero-order valence-corrected chi connectivity index (χ0v) is 18.3. The van der Waals surface area contributed by atoms with E-state index in [1.807, 2.05) is 0 Å². The number of amides is 1. The summed E-state index contributed by atoms with van der Waals surface area (Å²) in [5.41, 5.74) is 1.24. The zero-order valence-electron chi connectivity index (χ0n) is 15.9. The monoisotopic (exact) mass is 456 g/mol. The summed E-state index contributed by atoms with van der Waals surface area (Å²) in [6.07, 6.45) is 0.179. The molecule has 0 heterocycles. The van der Waals surface area contributed by atoms with E-state index in [1.54, 1.807) is 37.3 Å². The van der Waals surface area contributed by atoms with Gasteiger partial charge in [-0.15, -0.1) is 11.8 Å². The van der Waals surface area contributed by atoms with Crippen LogP contribution < -0.4 is 10.0 Å². The van der Waals surface area contributed by atoms with E-state index in [9.17, 15) is 18.0 Å². The third-order valence-electron chi connectivity index (χ3n) is 3.76. The van der Waals surface area contributed by atoms with Crippen molar-refractivity contribution in [3.8, 4) is 0 Å². The van der Waals surface area contributed by atoms with Crippen molar-refractivity contribution in [3.05, 3.63) is 53.1 Å². The lowest BCUT2D eigenvalue weighted by molar-refractivity contribution is -0.137. The van der Waals surface area contributed by atoms with Crippen LogP contribution in [0.1, 0.15) is 12.0 Å². The van der Waals surface area contributed by atoms with E-state index in [0.29, 0.717) is 27.7 Å². The molecule has 7 nitrogen and oxygen atoms in total. The standard InChI is InChI=1S/C19H21ClN2O5S2/c1-13-6-7-15(21-18(23)8-9-28-12-19(24)27-2)11-17(13)29(25,26)22-16-5-3-4-14(20)10-16/h3-7,10-11,22H,8-9,12H2,1-2H3,(H,21,23). The molecule has 0 bridgehead atoms. The number of sulfonamides is 1. The molecule has 0 atom stereocenters. The maximum Gasteiger partial charge on any atom is 0.315 e. The third kappa shape index (κ3) is 7.26. The number of benzene rings is 2. The predicted molar refractivity (Wildman–Crippen MR) is 116 cm³/mol. The van der Waals surface area contributed by atoms with E-state index < -0.39 is 10.0 Å². The van der Waals surface area contributed by atoms with Crippen molar-refractivity contribution >= 4 is 56.6 Å². The Kier molecular flexibility index (Phi) is 8.36. The van der Waals surface area contributed by atoms with Gasteiger partial charge in [0.25, 0.3) is 10.0 Å². The molecule has 10 heteroatoms. The summed E-state index contributed by atoms with van der Waals surface area (Å²) in [6, 6.07) is 11.0. The van der Waals surface area contributed by atoms with Gasteiger partial charge in [0.15, 0.2) is 0 Å². The van der Waals surface area contributed by atoms with Crippen LogP contribution >= 0.6 is 23.4 Å². The Balaban J connectivity index is 2.05. The Hall–Kier alpha value is -2.23. The number of anilines is 2. The number of ether oxygens (including phenoxy) is 1. The van der Waals surface area contributed by atoms with Gasteiger partial charge in [-0.05, 0) is 42.8 Å². The first kappa shape index (κ1) is 23.1. The number of aryl methyl sites for hydroxylation is 1. The van der Waals surface area contributed by atoms with Crippen LogP contribution in [0, 0.1) is 6.92 Å². The fraction of sp³-hybridized carbons (Fsp3) is 0.263. The van der Waals surface area contributed by atoms with Crippen molar-refractivity contribution in [2.45, 2.75) is 18.2 Å². The summed E-state index contributed by atoms with van der Waals surface area (Å²) < 4.78 is 32.5. The first-order valence-corrected chi connectivity index (χ1v) is 11.6. The molecule has 0 aliphatic heterocycles. The summed E-state index contributed by atoms with van der Waals surface area (Å²) in [4.78, 5) is 23.2. The Labute approximate surface area is 179 Å². The molecule has 0 saturated heterocycles. The first-order chi connectivity index (χ1) is 13.7. The van der Waals surface area contributed by atoms with E-state index in [0.717, 1.165) is 0 Å². The van der Waals surface area contributed by atoms with Gasteiger partial charge in [-0.3, -0.25) is 14.3 Å². The molecular weight excluding hydrogens is 436 g/mol. The number of carbonyl (C=O) groups is 2. The fourth-order valence-corrected chi connectivity index (χ4v) is 4.60. The van der Waals surface area contributed by atoms with E-state index in [4.69, 9.17) is 11.6 Å². The highest BCUT2D eigenvalue weighted by molar-refractivity contribution is 7.99. The molecule has 0 aliphatic rings. The summed E-state index contributed by atoms with van der Waals surface area (Å²) >= 11 is 7.19. The Morgan fingerprint density at radius 1 is 1.14 bits per heavy atom. The predicted octanol–water partition coefficient (Wildman–Crippen LogP) is 3.68. The average molecular weight is 457 g/mol. The number of carbonyl (C=O) groups excluding carboxylic acids is 2. The number of halogens is 1. The molecule has 0 unspecified atom stereocenters. The van der Waals surface area contributed by atoms with Gasteiger partial charge in [0, 0.05) is 22.9 Å². The largest absolute Gasteiger partial charge is 0.468 e. The lowest BCUT2D eigenvalue weighted by Crippen LogP contribution is -2.16. The maximum absolute atomic E-state index is 12.8. The van der Waals surface area contributed by atoms with Gasteiger partial charge < -0.3 is 10.1 Å². The Morgan fingerprint density at radius 3 is 2.59 bits per heavy atom. The molecule has 0 saturated carbocycles. The molecule has 0 aliphatic carbocycles. The molecule has 0 radical (unpaired) electrons. The highest BCUT2D eigenvalue weighted by Crippen LogP contribution is 2.24. The molecule has 2 rings (SSSR count). The van der Waals surface area contributed by atoms with Crippen LogP contribution in [0.2, 0.25) is 5.02 Å². The van der Waals surface area contributed by atoms with Crippen LogP contribution in [-0.4, -0.2) is 38.9 Å². The number of rotatable bonds is 9. The van der Waals surface area contributed by atoms with Crippen molar-refractivity contribution < 1.29 is 22.7 Å². The minimum absolute atomic E-state index is 0.0512. The van der Waals surface area contributed by atoms with Gasteiger partial charge in [0.1, 0.15) is 0 Å². The molecule has 2 N–H and O–H groups in total. The molecule has 2 aromatic carbocycles. The molecule has 156 valence electrons. The number of hydrogen-bond acceptors (Lipinski definition) is 6. The Bertz CT molecular complexity index is 996. The number of methoxy groups -OCH3 is 1. The number of esters is 1. The van der Waals surface area contributed by atoms with Gasteiger partial charge in [-0.1, -0.05) is 23.7 Å². The Morgan fingerprint density at radius 2 is 1.90 bits per heavy atom. The quantitative estimate of drug-likeness (QED) is 0.441. The molecule has 0 fully saturated rings. The number of thioether (sulfide) groups is 1.